The van der Waals surface area contributed by atoms with Gasteiger partial charge in [-0.15, -0.1) is 0 Å². The van der Waals surface area contributed by atoms with Crippen LogP contribution >= 0.6 is 0 Å². The van der Waals surface area contributed by atoms with E-state index in [4.69, 9.17) is 4.84 Å². The molecule has 0 spiro atoms. The Bertz CT molecular complexity index is 819. The van der Waals surface area contributed by atoms with E-state index in [1.165, 1.54) is 12.1 Å². The molecule has 2 heterocycles. The molecule has 2 atom stereocenters. The van der Waals surface area contributed by atoms with Gasteiger partial charge in [-0.1, -0.05) is 30.3 Å². The Morgan fingerprint density at radius 1 is 1.08 bits per heavy atom. The molecule has 0 aromatic heterocycles. The molecule has 1 saturated heterocycles. The van der Waals surface area contributed by atoms with Crippen molar-refractivity contribution in [2.75, 3.05) is 25.7 Å². The van der Waals surface area contributed by atoms with Crippen LogP contribution in [0.15, 0.2) is 42.5 Å². The number of hydrogen-bond acceptors (Lipinski definition) is 3. The molecule has 2 aliphatic heterocycles. The summed E-state index contributed by atoms with van der Waals surface area (Å²) in [4.78, 5) is 8.13. The summed E-state index contributed by atoms with van der Waals surface area (Å²) in [7, 11) is 3.88. The van der Waals surface area contributed by atoms with Gasteiger partial charge < -0.3 is 4.90 Å². The number of rotatable bonds is 2. The van der Waals surface area contributed by atoms with Crippen LogP contribution in [0.3, 0.4) is 0 Å². The van der Waals surface area contributed by atoms with Gasteiger partial charge in [0.15, 0.2) is 0 Å². The smallest absolute Gasteiger partial charge is 0.307 e. The normalized spacial score (nSPS) is 22.0. The fourth-order valence-electron chi connectivity index (χ4n) is 4.09. The summed E-state index contributed by atoms with van der Waals surface area (Å²) >= 11 is 0. The summed E-state index contributed by atoms with van der Waals surface area (Å²) in [6, 6.07) is 11.8. The third-order valence-electron chi connectivity index (χ3n) is 5.05. The number of alkyl halides is 3. The zero-order valence-electron chi connectivity index (χ0n) is 14.8. The molecule has 1 fully saturated rings. The van der Waals surface area contributed by atoms with E-state index in [0.29, 0.717) is 24.9 Å². The minimum Gasteiger partial charge on any atom is -0.307 e. The summed E-state index contributed by atoms with van der Waals surface area (Å²) in [5.41, 5.74) is 2.39. The van der Waals surface area contributed by atoms with Gasteiger partial charge in [-0.3, -0.25) is 4.84 Å². The number of anilines is 1. The molecule has 4 rings (SSSR count). The first-order valence-corrected chi connectivity index (χ1v) is 8.72. The van der Waals surface area contributed by atoms with Gasteiger partial charge in [0.05, 0.1) is 17.3 Å². The molecule has 6 heteroatoms. The molecule has 3 nitrogen and oxygen atoms in total. The van der Waals surface area contributed by atoms with Gasteiger partial charge in [-0.25, -0.2) is 5.06 Å². The van der Waals surface area contributed by atoms with Crippen LogP contribution in [0.1, 0.15) is 34.7 Å². The van der Waals surface area contributed by atoms with Crippen molar-refractivity contribution in [1.29, 1.82) is 0 Å². The van der Waals surface area contributed by atoms with Crippen molar-refractivity contribution in [2.24, 2.45) is 0 Å². The highest BCUT2D eigenvalue weighted by molar-refractivity contribution is 5.60. The summed E-state index contributed by atoms with van der Waals surface area (Å²) in [6.45, 7) is 0.665. The molecule has 0 N–H and O–H groups in total. The maximum atomic E-state index is 13.7. The number of hydroxylamine groups is 1. The lowest BCUT2D eigenvalue weighted by molar-refractivity contribution is -0.138. The predicted molar refractivity (Wildman–Crippen MR) is 94.0 cm³/mol. The average Bonchev–Trinajstić information content (AvgIpc) is 2.91. The molecule has 138 valence electrons. The second-order valence-electron chi connectivity index (χ2n) is 7.25. The van der Waals surface area contributed by atoms with E-state index >= 15 is 0 Å². The van der Waals surface area contributed by atoms with Crippen LogP contribution in [0.5, 0.6) is 0 Å². The molecule has 2 aliphatic rings. The van der Waals surface area contributed by atoms with Gasteiger partial charge in [0.1, 0.15) is 6.10 Å². The lowest BCUT2D eigenvalue weighted by Gasteiger charge is -2.27. The molecule has 0 bridgehead atoms. The van der Waals surface area contributed by atoms with Gasteiger partial charge in [0.2, 0.25) is 0 Å². The molecule has 0 radical (unpaired) electrons. The zero-order valence-corrected chi connectivity index (χ0v) is 14.8. The number of fused-ring (bicyclic) bond motifs is 5. The number of halogens is 3. The molecule has 0 aliphatic carbocycles. The van der Waals surface area contributed by atoms with Crippen LogP contribution in [0.2, 0.25) is 0 Å². The third-order valence-corrected chi connectivity index (χ3v) is 5.05. The van der Waals surface area contributed by atoms with E-state index in [1.54, 1.807) is 5.06 Å². The van der Waals surface area contributed by atoms with Gasteiger partial charge in [-0.2, -0.15) is 13.2 Å². The van der Waals surface area contributed by atoms with E-state index in [-0.39, 0.29) is 6.10 Å². The maximum Gasteiger partial charge on any atom is 0.416 e. The predicted octanol–water partition coefficient (Wildman–Crippen LogP) is 4.42. The van der Waals surface area contributed by atoms with Crippen LogP contribution in [0, 0.1) is 0 Å². The van der Waals surface area contributed by atoms with Gasteiger partial charge >= 0.3 is 6.18 Å². The van der Waals surface area contributed by atoms with E-state index in [2.05, 4.69) is 0 Å². The first kappa shape index (κ1) is 17.4. The van der Waals surface area contributed by atoms with Crippen LogP contribution in [-0.4, -0.2) is 31.6 Å². The molecular formula is C20H21F3N2O. The summed E-state index contributed by atoms with van der Waals surface area (Å²) < 4.78 is 41.2. The molecular weight excluding hydrogens is 341 g/mol. The number of para-hydroxylation sites is 1. The average molecular weight is 362 g/mol. The van der Waals surface area contributed by atoms with Gasteiger partial charge in [0, 0.05) is 13.0 Å². The monoisotopic (exact) mass is 362 g/mol. The highest BCUT2D eigenvalue weighted by Gasteiger charge is 2.44. The number of likely N-dealkylation sites (N-methyl/N-ethyl adjacent to an activating group) is 1. The molecule has 0 saturated carbocycles. The Balaban J connectivity index is 1.87. The number of benzene rings is 2. The lowest BCUT2D eigenvalue weighted by atomic mass is 9.90. The van der Waals surface area contributed by atoms with Crippen molar-refractivity contribution in [3.63, 3.8) is 0 Å². The Labute approximate surface area is 150 Å². The largest absolute Gasteiger partial charge is 0.416 e. The van der Waals surface area contributed by atoms with Crippen molar-refractivity contribution < 1.29 is 18.0 Å². The van der Waals surface area contributed by atoms with Crippen LogP contribution in [0.25, 0.3) is 0 Å². The van der Waals surface area contributed by atoms with E-state index < -0.39 is 17.8 Å². The van der Waals surface area contributed by atoms with Gasteiger partial charge in [0.25, 0.3) is 0 Å². The van der Waals surface area contributed by atoms with Crippen molar-refractivity contribution in [3.8, 4) is 0 Å². The molecule has 2 unspecified atom stereocenters. The van der Waals surface area contributed by atoms with Crippen molar-refractivity contribution in [3.05, 3.63) is 64.7 Å². The zero-order chi connectivity index (χ0) is 18.5. The first-order chi connectivity index (χ1) is 12.3. The van der Waals surface area contributed by atoms with Gasteiger partial charge in [-0.05, 0) is 49.3 Å². The number of nitrogens with zero attached hydrogens (tertiary/aromatic N) is 2. The fourth-order valence-corrected chi connectivity index (χ4v) is 4.09. The van der Waals surface area contributed by atoms with Crippen LogP contribution < -0.4 is 5.06 Å². The Kier molecular flexibility index (Phi) is 4.20. The van der Waals surface area contributed by atoms with Crippen molar-refractivity contribution in [1.82, 2.24) is 4.90 Å². The summed E-state index contributed by atoms with van der Waals surface area (Å²) in [5.74, 6) is 0. The molecule has 26 heavy (non-hydrogen) atoms. The SMILES string of the molecule is CN(C)CC1CC2c3c(cccc3C(F)(F)F)Cc3ccccc3N2O1. The second-order valence-corrected chi connectivity index (χ2v) is 7.25. The van der Waals surface area contributed by atoms with E-state index in [0.717, 1.165) is 16.8 Å². The molecule has 2 aromatic rings. The molecule has 0 amide bonds. The Morgan fingerprint density at radius 3 is 2.54 bits per heavy atom. The molecule has 2 aromatic carbocycles. The van der Waals surface area contributed by atoms with Crippen LogP contribution in [0.4, 0.5) is 18.9 Å². The second kappa shape index (κ2) is 6.28. The van der Waals surface area contributed by atoms with E-state index in [9.17, 15) is 13.2 Å². The quantitative estimate of drug-likeness (QED) is 0.786. The van der Waals surface area contributed by atoms with E-state index in [1.807, 2.05) is 49.3 Å². The summed E-state index contributed by atoms with van der Waals surface area (Å²) in [5, 5.41) is 1.71. The highest BCUT2D eigenvalue weighted by Crippen LogP contribution is 2.48. The lowest BCUT2D eigenvalue weighted by Crippen LogP contribution is -2.28. The topological polar surface area (TPSA) is 15.7 Å². The first-order valence-electron chi connectivity index (χ1n) is 8.72. The minimum absolute atomic E-state index is 0.143. The summed E-state index contributed by atoms with van der Waals surface area (Å²) in [6.07, 6.45) is -3.51. The number of hydrogen-bond donors (Lipinski definition) is 0. The van der Waals surface area contributed by atoms with Crippen molar-refractivity contribution in [2.45, 2.75) is 31.2 Å². The Hall–Kier alpha value is -2.05. The maximum absolute atomic E-state index is 13.7. The van der Waals surface area contributed by atoms with Crippen LogP contribution in [-0.2, 0) is 17.4 Å². The highest BCUT2D eigenvalue weighted by atomic mass is 19.4. The van der Waals surface area contributed by atoms with Crippen molar-refractivity contribution >= 4 is 5.69 Å². The third kappa shape index (κ3) is 2.97. The fraction of sp³-hybridized carbons (Fsp3) is 0.400. The minimum atomic E-state index is -4.38. The Morgan fingerprint density at radius 2 is 1.81 bits per heavy atom. The standard InChI is InChI=1S/C20H21F3N2O/c1-24(2)12-15-11-18-19-14(7-5-8-16(19)20(21,22)23)10-13-6-3-4-9-17(13)25(18)26-15/h3-9,15,18H,10-12H2,1-2H3.